The fourth-order valence-electron chi connectivity index (χ4n) is 3.11. The minimum Gasteiger partial charge on any atom is -0.306 e. The summed E-state index contributed by atoms with van der Waals surface area (Å²) in [4.78, 5) is 0. The minimum atomic E-state index is -0.166. The van der Waals surface area contributed by atoms with Gasteiger partial charge in [0.05, 0.1) is 0 Å². The Kier molecular flexibility index (Phi) is 5.04. The SMILES string of the molecule is CC1(C)CSCC(NC(c2ccc(F)cc2)C(C)(C)C)C1. The Hall–Kier alpha value is -0.540. The highest BCUT2D eigenvalue weighted by atomic mass is 32.2. The average molecular weight is 309 g/mol. The number of hydrogen-bond acceptors (Lipinski definition) is 2. The fourth-order valence-corrected chi connectivity index (χ4v) is 4.39. The Balaban J connectivity index is 2.16. The molecule has 1 aliphatic heterocycles. The molecule has 1 fully saturated rings. The maximum absolute atomic E-state index is 13.2. The molecule has 2 atom stereocenters. The molecule has 1 heterocycles. The van der Waals surface area contributed by atoms with Gasteiger partial charge in [-0.1, -0.05) is 46.8 Å². The molecule has 0 aliphatic carbocycles. The van der Waals surface area contributed by atoms with E-state index >= 15 is 0 Å². The molecule has 1 aliphatic rings. The van der Waals surface area contributed by atoms with Gasteiger partial charge >= 0.3 is 0 Å². The first-order chi connectivity index (χ1) is 9.67. The lowest BCUT2D eigenvalue weighted by Crippen LogP contribution is -2.45. The van der Waals surface area contributed by atoms with Crippen LogP contribution in [0.5, 0.6) is 0 Å². The first-order valence-electron chi connectivity index (χ1n) is 7.77. The smallest absolute Gasteiger partial charge is 0.123 e. The zero-order valence-corrected chi connectivity index (χ0v) is 14.7. The van der Waals surface area contributed by atoms with Gasteiger partial charge in [0.2, 0.25) is 0 Å². The third-order valence-electron chi connectivity index (χ3n) is 4.08. The molecule has 118 valence electrons. The second-order valence-corrected chi connectivity index (χ2v) is 9.13. The number of rotatable bonds is 3. The lowest BCUT2D eigenvalue weighted by molar-refractivity contribution is 0.223. The van der Waals surface area contributed by atoms with Crippen molar-refractivity contribution in [2.45, 2.75) is 53.1 Å². The van der Waals surface area contributed by atoms with E-state index in [-0.39, 0.29) is 17.3 Å². The van der Waals surface area contributed by atoms with E-state index in [2.05, 4.69) is 39.9 Å². The summed E-state index contributed by atoms with van der Waals surface area (Å²) in [5.74, 6) is 2.24. The van der Waals surface area contributed by atoms with Crippen molar-refractivity contribution in [3.63, 3.8) is 0 Å². The van der Waals surface area contributed by atoms with E-state index in [1.54, 1.807) is 12.1 Å². The van der Waals surface area contributed by atoms with Gasteiger partial charge in [-0.05, 0) is 40.7 Å². The Morgan fingerprint density at radius 1 is 1.24 bits per heavy atom. The van der Waals surface area contributed by atoms with E-state index < -0.39 is 0 Å². The van der Waals surface area contributed by atoms with Crippen LogP contribution in [0.1, 0.15) is 52.6 Å². The van der Waals surface area contributed by atoms with Crippen molar-refractivity contribution in [2.75, 3.05) is 11.5 Å². The lowest BCUT2D eigenvalue weighted by Gasteiger charge is -2.40. The zero-order chi connectivity index (χ0) is 15.7. The summed E-state index contributed by atoms with van der Waals surface area (Å²) in [5.41, 5.74) is 1.67. The molecule has 3 heteroatoms. The van der Waals surface area contributed by atoms with E-state index in [1.807, 2.05) is 23.9 Å². The molecular formula is C18H28FNS. The summed E-state index contributed by atoms with van der Waals surface area (Å²) >= 11 is 2.04. The average Bonchev–Trinajstić information content (AvgIpc) is 2.35. The molecule has 0 aromatic heterocycles. The van der Waals surface area contributed by atoms with Crippen molar-refractivity contribution >= 4 is 11.8 Å². The van der Waals surface area contributed by atoms with Crippen molar-refractivity contribution in [1.29, 1.82) is 0 Å². The number of hydrogen-bond donors (Lipinski definition) is 1. The standard InChI is InChI=1S/C18H28FNS/c1-17(2,3)16(13-6-8-14(19)9-7-13)20-15-10-18(4,5)12-21-11-15/h6-9,15-16,20H,10-12H2,1-5H3. The summed E-state index contributed by atoms with van der Waals surface area (Å²) in [6.07, 6.45) is 1.20. The van der Waals surface area contributed by atoms with Crippen molar-refractivity contribution in [2.24, 2.45) is 10.8 Å². The van der Waals surface area contributed by atoms with Gasteiger partial charge in [0.15, 0.2) is 0 Å². The predicted octanol–water partition coefficient (Wildman–Crippen LogP) is 5.03. The third kappa shape index (κ3) is 4.72. The molecule has 0 saturated carbocycles. The van der Waals surface area contributed by atoms with Crippen molar-refractivity contribution in [3.05, 3.63) is 35.6 Å². The molecule has 2 rings (SSSR count). The van der Waals surface area contributed by atoms with E-state index in [1.165, 1.54) is 17.7 Å². The van der Waals surface area contributed by atoms with Crippen molar-refractivity contribution in [3.8, 4) is 0 Å². The molecule has 1 aromatic rings. The van der Waals surface area contributed by atoms with Crippen LogP contribution in [0.25, 0.3) is 0 Å². The molecule has 1 saturated heterocycles. The molecule has 0 bridgehead atoms. The van der Waals surface area contributed by atoms with Gasteiger partial charge in [-0.25, -0.2) is 4.39 Å². The second-order valence-electron chi connectivity index (χ2n) is 8.10. The Morgan fingerprint density at radius 3 is 2.38 bits per heavy atom. The van der Waals surface area contributed by atoms with Gasteiger partial charge in [-0.3, -0.25) is 0 Å². The van der Waals surface area contributed by atoms with Gasteiger partial charge in [0, 0.05) is 17.8 Å². The molecule has 0 amide bonds. The molecule has 1 N–H and O–H groups in total. The molecular weight excluding hydrogens is 281 g/mol. The molecule has 1 aromatic carbocycles. The van der Waals surface area contributed by atoms with Crippen molar-refractivity contribution in [1.82, 2.24) is 5.32 Å². The van der Waals surface area contributed by atoms with Crippen LogP contribution in [0, 0.1) is 16.6 Å². The van der Waals surface area contributed by atoms with Gasteiger partial charge in [0.1, 0.15) is 5.82 Å². The van der Waals surface area contributed by atoms with E-state index in [9.17, 15) is 4.39 Å². The van der Waals surface area contributed by atoms with E-state index in [0.717, 1.165) is 5.75 Å². The lowest BCUT2D eigenvalue weighted by atomic mass is 9.80. The van der Waals surface area contributed by atoms with Crippen LogP contribution < -0.4 is 5.32 Å². The van der Waals surface area contributed by atoms with Gasteiger partial charge < -0.3 is 5.32 Å². The maximum Gasteiger partial charge on any atom is 0.123 e. The van der Waals surface area contributed by atoms with Crippen LogP contribution in [0.3, 0.4) is 0 Å². The Morgan fingerprint density at radius 2 is 1.86 bits per heavy atom. The molecule has 2 unspecified atom stereocenters. The summed E-state index contributed by atoms with van der Waals surface area (Å²) in [7, 11) is 0. The van der Waals surface area contributed by atoms with E-state index in [4.69, 9.17) is 0 Å². The van der Waals surface area contributed by atoms with Gasteiger partial charge in [-0.15, -0.1) is 0 Å². The number of nitrogens with one attached hydrogen (secondary N) is 1. The number of thioether (sulfide) groups is 1. The quantitative estimate of drug-likeness (QED) is 0.840. The minimum absolute atomic E-state index is 0.101. The topological polar surface area (TPSA) is 12.0 Å². The molecule has 0 radical (unpaired) electrons. The van der Waals surface area contributed by atoms with Gasteiger partial charge in [-0.2, -0.15) is 11.8 Å². The highest BCUT2D eigenvalue weighted by Gasteiger charge is 2.33. The molecule has 21 heavy (non-hydrogen) atoms. The number of halogens is 1. The monoisotopic (exact) mass is 309 g/mol. The first-order valence-corrected chi connectivity index (χ1v) is 8.92. The van der Waals surface area contributed by atoms with Crippen molar-refractivity contribution < 1.29 is 4.39 Å². The van der Waals surface area contributed by atoms with Gasteiger partial charge in [0.25, 0.3) is 0 Å². The highest BCUT2D eigenvalue weighted by Crippen LogP contribution is 2.38. The fraction of sp³-hybridized carbons (Fsp3) is 0.667. The summed E-state index contributed by atoms with van der Waals surface area (Å²) in [6.45, 7) is 11.4. The molecule has 1 nitrogen and oxygen atoms in total. The second kappa shape index (κ2) is 6.29. The largest absolute Gasteiger partial charge is 0.306 e. The summed E-state index contributed by atoms with van der Waals surface area (Å²) in [6, 6.07) is 7.73. The van der Waals surface area contributed by atoms with Crippen LogP contribution in [-0.2, 0) is 0 Å². The Labute approximate surface area is 133 Å². The Bertz CT molecular complexity index is 461. The van der Waals surface area contributed by atoms with E-state index in [0.29, 0.717) is 11.5 Å². The summed E-state index contributed by atoms with van der Waals surface area (Å²) < 4.78 is 13.2. The predicted molar refractivity (Wildman–Crippen MR) is 91.2 cm³/mol. The first kappa shape index (κ1) is 16.8. The highest BCUT2D eigenvalue weighted by molar-refractivity contribution is 7.99. The maximum atomic E-state index is 13.2. The number of benzene rings is 1. The normalized spacial score (nSPS) is 23.8. The zero-order valence-electron chi connectivity index (χ0n) is 13.9. The van der Waals surface area contributed by atoms with Crippen LogP contribution in [-0.4, -0.2) is 17.5 Å². The van der Waals surface area contributed by atoms with Crippen LogP contribution >= 0.6 is 11.8 Å². The van der Waals surface area contributed by atoms with Crippen LogP contribution in [0.4, 0.5) is 4.39 Å². The molecule has 0 spiro atoms. The third-order valence-corrected chi connectivity index (χ3v) is 5.71. The van der Waals surface area contributed by atoms with Crippen LogP contribution in [0.15, 0.2) is 24.3 Å². The summed E-state index contributed by atoms with van der Waals surface area (Å²) in [5, 5.41) is 3.84. The van der Waals surface area contributed by atoms with Crippen LogP contribution in [0.2, 0.25) is 0 Å².